The summed E-state index contributed by atoms with van der Waals surface area (Å²) in [6.07, 6.45) is 8.05. The van der Waals surface area contributed by atoms with E-state index < -0.39 is 0 Å². The van der Waals surface area contributed by atoms with Gasteiger partial charge in [0.2, 0.25) is 5.95 Å². The van der Waals surface area contributed by atoms with Crippen LogP contribution in [0, 0.1) is 5.92 Å². The third kappa shape index (κ3) is 5.92. The normalized spacial score (nSPS) is 21.3. The molecule has 3 aromatic rings. The summed E-state index contributed by atoms with van der Waals surface area (Å²) in [5, 5.41) is 2.94. The third-order valence-electron chi connectivity index (χ3n) is 8.06. The van der Waals surface area contributed by atoms with Gasteiger partial charge in [0.05, 0.1) is 25.9 Å². The monoisotopic (exact) mass is 528 g/mol. The van der Waals surface area contributed by atoms with Crippen molar-refractivity contribution in [1.29, 1.82) is 0 Å². The molecule has 8 heteroatoms. The fourth-order valence-corrected chi connectivity index (χ4v) is 5.66. The van der Waals surface area contributed by atoms with Crippen molar-refractivity contribution in [2.24, 2.45) is 5.92 Å². The second kappa shape index (κ2) is 11.7. The molecule has 204 valence electrons. The molecule has 2 aromatic carbocycles. The molecular weight excluding hydrogens is 492 g/mol. The van der Waals surface area contributed by atoms with Crippen LogP contribution in [0.5, 0.6) is 5.75 Å². The molecule has 0 saturated carbocycles. The number of hydrogen-bond donors (Lipinski definition) is 1. The van der Waals surface area contributed by atoms with E-state index in [0.717, 1.165) is 61.6 Å². The lowest BCUT2D eigenvalue weighted by molar-refractivity contribution is -0.0855. The van der Waals surface area contributed by atoms with Crippen LogP contribution in [0.25, 0.3) is 11.1 Å². The summed E-state index contributed by atoms with van der Waals surface area (Å²) in [5.74, 6) is 2.25. The number of amides is 1. The maximum Gasteiger partial charge on any atom is 0.251 e. The van der Waals surface area contributed by atoms with Crippen LogP contribution in [-0.4, -0.2) is 67.5 Å². The van der Waals surface area contributed by atoms with Crippen molar-refractivity contribution in [3.8, 4) is 16.9 Å². The number of fused-ring (bicyclic) bond motifs is 1. The van der Waals surface area contributed by atoms with E-state index in [1.807, 2.05) is 36.7 Å². The first kappa shape index (κ1) is 25.8. The number of ether oxygens (including phenoxy) is 3. The number of aryl methyl sites for hydroxylation is 1. The van der Waals surface area contributed by atoms with E-state index in [2.05, 4.69) is 45.3 Å². The lowest BCUT2D eigenvalue weighted by atomic mass is 9.88. The maximum absolute atomic E-state index is 12.6. The van der Waals surface area contributed by atoms with Crippen molar-refractivity contribution in [3.63, 3.8) is 0 Å². The molecule has 2 atom stereocenters. The first-order valence-corrected chi connectivity index (χ1v) is 14.1. The Morgan fingerprint density at radius 1 is 1.03 bits per heavy atom. The summed E-state index contributed by atoms with van der Waals surface area (Å²) < 4.78 is 17.4. The predicted octanol–water partition coefficient (Wildman–Crippen LogP) is 4.07. The number of aromatic nitrogens is 2. The van der Waals surface area contributed by atoms with Crippen molar-refractivity contribution in [1.82, 2.24) is 15.3 Å². The van der Waals surface area contributed by atoms with E-state index in [9.17, 15) is 4.79 Å². The number of carbonyl (C=O) groups is 1. The Kier molecular flexibility index (Phi) is 7.74. The van der Waals surface area contributed by atoms with Crippen molar-refractivity contribution in [2.45, 2.75) is 44.8 Å². The number of piperidine rings is 1. The van der Waals surface area contributed by atoms with Gasteiger partial charge in [-0.2, -0.15) is 0 Å². The van der Waals surface area contributed by atoms with Gasteiger partial charge in [0.25, 0.3) is 5.91 Å². The zero-order valence-electron chi connectivity index (χ0n) is 22.5. The molecule has 1 N–H and O–H groups in total. The number of hydrogen-bond acceptors (Lipinski definition) is 7. The Morgan fingerprint density at radius 3 is 2.51 bits per heavy atom. The minimum absolute atomic E-state index is 0.0843. The Morgan fingerprint density at radius 2 is 1.79 bits per heavy atom. The third-order valence-corrected chi connectivity index (χ3v) is 8.06. The van der Waals surface area contributed by atoms with Gasteiger partial charge in [0, 0.05) is 44.0 Å². The first-order valence-electron chi connectivity index (χ1n) is 14.1. The topological polar surface area (TPSA) is 85.8 Å². The highest BCUT2D eigenvalue weighted by Crippen LogP contribution is 2.38. The summed E-state index contributed by atoms with van der Waals surface area (Å²) in [6, 6.07) is 14.2. The average Bonchev–Trinajstić information content (AvgIpc) is 3.44. The zero-order chi connectivity index (χ0) is 26.6. The molecule has 39 heavy (non-hydrogen) atoms. The van der Waals surface area contributed by atoms with Crippen molar-refractivity contribution in [2.75, 3.05) is 44.4 Å². The summed E-state index contributed by atoms with van der Waals surface area (Å²) in [6.45, 7) is 6.19. The standard InChI is InChI=1S/C31H36N4O4/c1-2-21-17-33-31(34-18-21)35-11-9-23(10-12-35)29-16-26-15-25(7-8-28(26)39-29)22-3-5-24(6-4-22)30(36)32-19-27-20-37-13-14-38-27/h3-8,15,17-18,23,27,29H,2,9-14,16,19-20H2,1H3,(H,32,36). The molecule has 4 heterocycles. The van der Waals surface area contributed by atoms with Crippen LogP contribution in [0.3, 0.4) is 0 Å². The molecule has 0 aliphatic carbocycles. The minimum atomic E-state index is -0.100. The van der Waals surface area contributed by atoms with E-state index in [4.69, 9.17) is 14.2 Å². The highest BCUT2D eigenvalue weighted by atomic mass is 16.6. The van der Waals surface area contributed by atoms with Crippen molar-refractivity contribution in [3.05, 3.63) is 71.5 Å². The highest BCUT2D eigenvalue weighted by molar-refractivity contribution is 5.94. The first-order chi connectivity index (χ1) is 19.2. The SMILES string of the molecule is CCc1cnc(N2CCC(C3Cc4cc(-c5ccc(C(=O)NCC6COCCO6)cc5)ccc4O3)CC2)nc1. The lowest BCUT2D eigenvalue weighted by Crippen LogP contribution is -2.40. The van der Waals surface area contributed by atoms with Crippen LogP contribution >= 0.6 is 0 Å². The molecule has 1 amide bonds. The molecule has 3 aliphatic heterocycles. The summed E-state index contributed by atoms with van der Waals surface area (Å²) in [4.78, 5) is 24.0. The van der Waals surface area contributed by atoms with Gasteiger partial charge in [-0.3, -0.25) is 4.79 Å². The molecule has 0 spiro atoms. The van der Waals surface area contributed by atoms with Crippen LogP contribution in [0.1, 0.15) is 41.3 Å². The van der Waals surface area contributed by atoms with Gasteiger partial charge in [0.15, 0.2) is 0 Å². The van der Waals surface area contributed by atoms with Gasteiger partial charge >= 0.3 is 0 Å². The smallest absolute Gasteiger partial charge is 0.251 e. The van der Waals surface area contributed by atoms with Gasteiger partial charge < -0.3 is 24.4 Å². The summed E-state index contributed by atoms with van der Waals surface area (Å²) in [5.41, 5.74) is 5.29. The van der Waals surface area contributed by atoms with E-state index in [-0.39, 0.29) is 18.1 Å². The summed E-state index contributed by atoms with van der Waals surface area (Å²) in [7, 11) is 0. The molecule has 6 rings (SSSR count). The van der Waals surface area contributed by atoms with Gasteiger partial charge in [-0.25, -0.2) is 9.97 Å². The minimum Gasteiger partial charge on any atom is -0.490 e. The Balaban J connectivity index is 1.03. The highest BCUT2D eigenvalue weighted by Gasteiger charge is 2.33. The van der Waals surface area contributed by atoms with Crippen LogP contribution in [0.15, 0.2) is 54.9 Å². The summed E-state index contributed by atoms with van der Waals surface area (Å²) >= 11 is 0. The van der Waals surface area contributed by atoms with Gasteiger partial charge in [-0.15, -0.1) is 0 Å². The fourth-order valence-electron chi connectivity index (χ4n) is 5.66. The number of rotatable bonds is 7. The molecule has 2 saturated heterocycles. The van der Waals surface area contributed by atoms with Crippen LogP contribution in [0.4, 0.5) is 5.95 Å². The molecule has 1 aromatic heterocycles. The van der Waals surface area contributed by atoms with Gasteiger partial charge in [-0.05, 0) is 71.7 Å². The van der Waals surface area contributed by atoms with Crippen molar-refractivity contribution >= 4 is 11.9 Å². The molecule has 0 bridgehead atoms. The molecule has 8 nitrogen and oxygen atoms in total. The number of carbonyl (C=O) groups excluding carboxylic acids is 1. The van der Waals surface area contributed by atoms with Crippen LogP contribution in [0.2, 0.25) is 0 Å². The van der Waals surface area contributed by atoms with E-state index >= 15 is 0 Å². The lowest BCUT2D eigenvalue weighted by Gasteiger charge is -2.34. The zero-order valence-corrected chi connectivity index (χ0v) is 22.5. The van der Waals surface area contributed by atoms with Crippen LogP contribution in [-0.2, 0) is 22.3 Å². The fraction of sp³-hybridized carbons (Fsp3) is 0.452. The molecular formula is C31H36N4O4. The molecule has 3 aliphatic rings. The van der Waals surface area contributed by atoms with Gasteiger partial charge in [-0.1, -0.05) is 25.1 Å². The largest absolute Gasteiger partial charge is 0.490 e. The van der Waals surface area contributed by atoms with E-state index in [1.54, 1.807) is 0 Å². The Bertz CT molecular complexity index is 1270. The second-order valence-electron chi connectivity index (χ2n) is 10.6. The molecule has 2 unspecified atom stereocenters. The quantitative estimate of drug-likeness (QED) is 0.495. The number of nitrogens with one attached hydrogen (secondary N) is 1. The van der Waals surface area contributed by atoms with Gasteiger partial charge in [0.1, 0.15) is 11.9 Å². The number of anilines is 1. The Hall–Kier alpha value is -3.49. The maximum atomic E-state index is 12.6. The average molecular weight is 529 g/mol. The predicted molar refractivity (Wildman–Crippen MR) is 149 cm³/mol. The second-order valence-corrected chi connectivity index (χ2v) is 10.6. The number of benzene rings is 2. The Labute approximate surface area is 229 Å². The number of nitrogens with zero attached hydrogens (tertiary/aromatic N) is 3. The molecule has 2 fully saturated rings. The van der Waals surface area contributed by atoms with Crippen LogP contribution < -0.4 is 15.0 Å². The van der Waals surface area contributed by atoms with Crippen molar-refractivity contribution < 1.29 is 19.0 Å². The van der Waals surface area contributed by atoms with E-state index in [1.165, 1.54) is 11.1 Å². The molecule has 0 radical (unpaired) electrons. The van der Waals surface area contributed by atoms with E-state index in [0.29, 0.717) is 37.8 Å².